The Labute approximate surface area is 134 Å². The van der Waals surface area contributed by atoms with Crippen LogP contribution in [0.2, 0.25) is 5.02 Å². The van der Waals surface area contributed by atoms with Gasteiger partial charge >= 0.3 is 5.97 Å². The Morgan fingerprint density at radius 1 is 1.14 bits per heavy atom. The highest BCUT2D eigenvalue weighted by molar-refractivity contribution is 6.30. The maximum absolute atomic E-state index is 11.9. The van der Waals surface area contributed by atoms with Crippen LogP contribution in [-0.2, 0) is 9.59 Å². The molecule has 0 aliphatic rings. The van der Waals surface area contributed by atoms with Crippen molar-refractivity contribution in [3.63, 3.8) is 0 Å². The number of rotatable bonds is 8. The van der Waals surface area contributed by atoms with Crippen molar-refractivity contribution in [2.24, 2.45) is 5.92 Å². The van der Waals surface area contributed by atoms with Crippen LogP contribution < -0.4 is 5.32 Å². The van der Waals surface area contributed by atoms with Gasteiger partial charge in [-0.25, -0.2) is 4.79 Å². The third kappa shape index (κ3) is 6.26. The molecule has 0 aromatic heterocycles. The van der Waals surface area contributed by atoms with E-state index in [1.807, 2.05) is 13.8 Å². The molecule has 0 fully saturated rings. The Bertz CT molecular complexity index is 540. The number of nitrogens with one attached hydrogen (secondary N) is 1. The third-order valence-electron chi connectivity index (χ3n) is 3.09. The maximum atomic E-state index is 11.9. The molecule has 1 aromatic carbocycles. The van der Waals surface area contributed by atoms with Gasteiger partial charge < -0.3 is 10.4 Å². The highest BCUT2D eigenvalue weighted by atomic mass is 35.5. The van der Waals surface area contributed by atoms with Crippen LogP contribution in [0, 0.1) is 5.92 Å². The molecule has 0 heterocycles. The highest BCUT2D eigenvalue weighted by Crippen LogP contribution is 2.12. The summed E-state index contributed by atoms with van der Waals surface area (Å²) in [4.78, 5) is 34.8. The first-order valence-electron chi connectivity index (χ1n) is 7.10. The molecule has 5 nitrogen and oxygen atoms in total. The molecule has 0 spiro atoms. The van der Waals surface area contributed by atoms with Gasteiger partial charge in [0.15, 0.2) is 5.78 Å². The number of ketones is 1. The van der Waals surface area contributed by atoms with Crippen LogP contribution in [0.15, 0.2) is 24.3 Å². The second kappa shape index (κ2) is 8.54. The second-order valence-corrected chi connectivity index (χ2v) is 5.95. The molecule has 120 valence electrons. The van der Waals surface area contributed by atoms with Crippen molar-refractivity contribution < 1.29 is 19.5 Å². The van der Waals surface area contributed by atoms with Crippen molar-refractivity contribution in [3.8, 4) is 0 Å². The average Bonchev–Trinajstić information content (AvgIpc) is 2.44. The van der Waals surface area contributed by atoms with E-state index in [9.17, 15) is 14.4 Å². The second-order valence-electron chi connectivity index (χ2n) is 5.52. The van der Waals surface area contributed by atoms with Crippen LogP contribution in [-0.4, -0.2) is 28.8 Å². The molecule has 6 heteroatoms. The molecule has 0 bridgehead atoms. The van der Waals surface area contributed by atoms with E-state index in [0.717, 1.165) is 0 Å². The first-order valence-corrected chi connectivity index (χ1v) is 7.48. The number of carboxylic acids is 1. The van der Waals surface area contributed by atoms with Gasteiger partial charge in [-0.05, 0) is 36.6 Å². The molecule has 0 aliphatic carbocycles. The highest BCUT2D eigenvalue weighted by Gasteiger charge is 2.21. The monoisotopic (exact) mass is 325 g/mol. The maximum Gasteiger partial charge on any atom is 0.326 e. The van der Waals surface area contributed by atoms with E-state index in [0.29, 0.717) is 17.0 Å². The number of amides is 1. The SMILES string of the molecule is CC(C)C[C@H](NC(=O)CCC(=O)c1ccc(Cl)cc1)C(=O)O. The van der Waals surface area contributed by atoms with Crippen LogP contribution in [0.3, 0.4) is 0 Å². The molecule has 1 amide bonds. The largest absolute Gasteiger partial charge is 0.480 e. The van der Waals surface area contributed by atoms with E-state index in [4.69, 9.17) is 16.7 Å². The molecule has 0 radical (unpaired) electrons. The number of hydrogen-bond donors (Lipinski definition) is 2. The predicted molar refractivity (Wildman–Crippen MR) is 84.0 cm³/mol. The van der Waals surface area contributed by atoms with E-state index in [-0.39, 0.29) is 24.5 Å². The summed E-state index contributed by atoms with van der Waals surface area (Å²) >= 11 is 5.74. The van der Waals surface area contributed by atoms with Gasteiger partial charge in [-0.2, -0.15) is 0 Å². The molecule has 0 aliphatic heterocycles. The fourth-order valence-corrected chi connectivity index (χ4v) is 2.09. The van der Waals surface area contributed by atoms with Crippen LogP contribution in [0.5, 0.6) is 0 Å². The number of carbonyl (C=O) groups is 3. The van der Waals surface area contributed by atoms with Crippen molar-refractivity contribution in [1.82, 2.24) is 5.32 Å². The quantitative estimate of drug-likeness (QED) is 0.720. The molecular weight excluding hydrogens is 306 g/mol. The number of halogens is 1. The lowest BCUT2D eigenvalue weighted by atomic mass is 10.0. The van der Waals surface area contributed by atoms with Gasteiger partial charge in [0.05, 0.1) is 0 Å². The number of Topliss-reactive ketones (excluding diaryl/α,β-unsaturated/α-hetero) is 1. The van der Waals surface area contributed by atoms with Gasteiger partial charge in [-0.3, -0.25) is 9.59 Å². The summed E-state index contributed by atoms with van der Waals surface area (Å²) in [7, 11) is 0. The normalized spacial score (nSPS) is 12.0. The van der Waals surface area contributed by atoms with Crippen LogP contribution in [0.25, 0.3) is 0 Å². The van der Waals surface area contributed by atoms with E-state index in [2.05, 4.69) is 5.32 Å². The predicted octanol–water partition coefficient (Wildman–Crippen LogP) is 2.92. The lowest BCUT2D eigenvalue weighted by Gasteiger charge is -2.16. The smallest absolute Gasteiger partial charge is 0.326 e. The van der Waals surface area contributed by atoms with Crippen molar-refractivity contribution in [2.45, 2.75) is 39.2 Å². The van der Waals surface area contributed by atoms with Gasteiger partial charge in [0, 0.05) is 23.4 Å². The van der Waals surface area contributed by atoms with Crippen molar-refractivity contribution >= 4 is 29.3 Å². The standard InChI is InChI=1S/C16H20ClNO4/c1-10(2)9-13(16(21)22)18-15(20)8-7-14(19)11-3-5-12(17)6-4-11/h3-6,10,13H,7-9H2,1-2H3,(H,18,20)(H,21,22)/t13-/m0/s1. The number of carbonyl (C=O) groups excluding carboxylic acids is 2. The lowest BCUT2D eigenvalue weighted by molar-refractivity contribution is -0.142. The fraction of sp³-hybridized carbons (Fsp3) is 0.438. The number of hydrogen-bond acceptors (Lipinski definition) is 3. The van der Waals surface area contributed by atoms with Gasteiger partial charge in [0.2, 0.25) is 5.91 Å². The topological polar surface area (TPSA) is 83.5 Å². The van der Waals surface area contributed by atoms with Crippen LogP contribution in [0.4, 0.5) is 0 Å². The molecule has 0 saturated carbocycles. The third-order valence-corrected chi connectivity index (χ3v) is 3.34. The first kappa shape index (κ1) is 18.2. The van der Waals surface area contributed by atoms with Gasteiger partial charge in [-0.15, -0.1) is 0 Å². The van der Waals surface area contributed by atoms with Gasteiger partial charge in [0.25, 0.3) is 0 Å². The Balaban J connectivity index is 2.49. The van der Waals surface area contributed by atoms with Crippen LogP contribution >= 0.6 is 11.6 Å². The molecule has 0 unspecified atom stereocenters. The zero-order valence-corrected chi connectivity index (χ0v) is 13.4. The summed E-state index contributed by atoms with van der Waals surface area (Å²) in [6, 6.07) is 5.50. The van der Waals surface area contributed by atoms with Gasteiger partial charge in [0.1, 0.15) is 6.04 Å². The minimum atomic E-state index is -1.06. The minimum absolute atomic E-state index is 0.0292. The lowest BCUT2D eigenvalue weighted by Crippen LogP contribution is -2.41. The van der Waals surface area contributed by atoms with Crippen molar-refractivity contribution in [2.75, 3.05) is 0 Å². The molecule has 1 rings (SSSR count). The fourth-order valence-electron chi connectivity index (χ4n) is 1.97. The zero-order valence-electron chi connectivity index (χ0n) is 12.6. The van der Waals surface area contributed by atoms with Gasteiger partial charge in [-0.1, -0.05) is 25.4 Å². The van der Waals surface area contributed by atoms with E-state index >= 15 is 0 Å². The zero-order chi connectivity index (χ0) is 16.7. The van der Waals surface area contributed by atoms with E-state index < -0.39 is 17.9 Å². The molecule has 1 aromatic rings. The number of carboxylic acid groups (broad SMARTS) is 1. The molecule has 2 N–H and O–H groups in total. The van der Waals surface area contributed by atoms with E-state index in [1.54, 1.807) is 24.3 Å². The Morgan fingerprint density at radius 2 is 1.73 bits per heavy atom. The summed E-state index contributed by atoms with van der Waals surface area (Å²) in [5.74, 6) is -1.53. The average molecular weight is 326 g/mol. The minimum Gasteiger partial charge on any atom is -0.480 e. The van der Waals surface area contributed by atoms with Crippen LogP contribution in [0.1, 0.15) is 43.5 Å². The Morgan fingerprint density at radius 3 is 2.23 bits per heavy atom. The summed E-state index contributed by atoms with van der Waals surface area (Å²) in [6.07, 6.45) is 0.344. The summed E-state index contributed by atoms with van der Waals surface area (Å²) in [5.41, 5.74) is 0.481. The molecule has 0 saturated heterocycles. The first-order chi connectivity index (χ1) is 10.3. The van der Waals surface area contributed by atoms with Crippen molar-refractivity contribution in [1.29, 1.82) is 0 Å². The number of aliphatic carboxylic acids is 1. The summed E-state index contributed by atoms with van der Waals surface area (Å²) < 4.78 is 0. The number of benzene rings is 1. The van der Waals surface area contributed by atoms with E-state index in [1.165, 1.54) is 0 Å². The Hall–Kier alpha value is -1.88. The van der Waals surface area contributed by atoms with Crippen molar-refractivity contribution in [3.05, 3.63) is 34.9 Å². The summed E-state index contributed by atoms with van der Waals surface area (Å²) in [6.45, 7) is 3.76. The summed E-state index contributed by atoms with van der Waals surface area (Å²) in [5, 5.41) is 12.0. The molecule has 1 atom stereocenters. The molecule has 22 heavy (non-hydrogen) atoms. The molecular formula is C16H20ClNO4. The Kier molecular flexibility index (Phi) is 7.05.